The van der Waals surface area contributed by atoms with Crippen molar-refractivity contribution >= 4 is 17.5 Å². The Morgan fingerprint density at radius 1 is 1.24 bits per heavy atom. The maximum Gasteiger partial charge on any atom is 0.251 e. The lowest BCUT2D eigenvalue weighted by Gasteiger charge is -2.35. The standard InChI is InChI=1S/C19H29N3O3/c1-18(2,3)22-16(23)14-6-5-7-15(12-14)21-17(24)19(13-25-4)8-10-20-11-9-19/h5-7,12,20H,8-11,13H2,1-4H3,(H,21,24)(H,22,23). The van der Waals surface area contributed by atoms with Gasteiger partial charge in [0.05, 0.1) is 12.0 Å². The molecular formula is C19H29N3O3. The Labute approximate surface area is 149 Å². The average Bonchev–Trinajstić information content (AvgIpc) is 2.54. The summed E-state index contributed by atoms with van der Waals surface area (Å²) in [6.07, 6.45) is 1.47. The number of carbonyl (C=O) groups is 2. The number of hydrogen-bond donors (Lipinski definition) is 3. The van der Waals surface area contributed by atoms with Crippen LogP contribution in [0.1, 0.15) is 44.0 Å². The maximum absolute atomic E-state index is 12.9. The molecule has 0 radical (unpaired) electrons. The number of rotatable bonds is 5. The molecule has 3 N–H and O–H groups in total. The molecule has 0 saturated carbocycles. The predicted octanol–water partition coefficient (Wildman–Crippen LogP) is 2.17. The van der Waals surface area contributed by atoms with Gasteiger partial charge in [0, 0.05) is 23.9 Å². The highest BCUT2D eigenvalue weighted by Crippen LogP contribution is 2.31. The van der Waals surface area contributed by atoms with Gasteiger partial charge in [-0.05, 0) is 64.9 Å². The fraction of sp³-hybridized carbons (Fsp3) is 0.579. The van der Waals surface area contributed by atoms with Gasteiger partial charge in [0.25, 0.3) is 5.91 Å². The van der Waals surface area contributed by atoms with Crippen LogP contribution in [0.5, 0.6) is 0 Å². The number of hydrogen-bond acceptors (Lipinski definition) is 4. The summed E-state index contributed by atoms with van der Waals surface area (Å²) in [7, 11) is 1.62. The lowest BCUT2D eigenvalue weighted by molar-refractivity contribution is -0.130. The van der Waals surface area contributed by atoms with Crippen LogP contribution in [-0.4, -0.2) is 44.2 Å². The van der Waals surface area contributed by atoms with E-state index in [1.54, 1.807) is 31.4 Å². The van der Waals surface area contributed by atoms with Crippen molar-refractivity contribution in [3.05, 3.63) is 29.8 Å². The van der Waals surface area contributed by atoms with Crippen molar-refractivity contribution in [2.45, 2.75) is 39.2 Å². The molecule has 0 bridgehead atoms. The van der Waals surface area contributed by atoms with E-state index in [0.717, 1.165) is 25.9 Å². The SMILES string of the molecule is COCC1(C(=O)Nc2cccc(C(=O)NC(C)(C)C)c2)CCNCC1. The van der Waals surface area contributed by atoms with E-state index in [-0.39, 0.29) is 17.4 Å². The minimum Gasteiger partial charge on any atom is -0.384 e. The van der Waals surface area contributed by atoms with Gasteiger partial charge in [-0.2, -0.15) is 0 Å². The fourth-order valence-corrected chi connectivity index (χ4v) is 3.03. The lowest BCUT2D eigenvalue weighted by atomic mass is 9.78. The van der Waals surface area contributed by atoms with Gasteiger partial charge in [0.15, 0.2) is 0 Å². The zero-order valence-electron chi connectivity index (χ0n) is 15.6. The number of carbonyl (C=O) groups excluding carboxylic acids is 2. The van der Waals surface area contributed by atoms with Crippen molar-refractivity contribution in [3.63, 3.8) is 0 Å². The Bertz CT molecular complexity index is 611. The Morgan fingerprint density at radius 2 is 1.92 bits per heavy atom. The highest BCUT2D eigenvalue weighted by Gasteiger charge is 2.39. The number of benzene rings is 1. The van der Waals surface area contributed by atoms with E-state index in [0.29, 0.717) is 17.9 Å². The second kappa shape index (κ2) is 7.97. The Kier molecular flexibility index (Phi) is 6.19. The molecule has 6 heteroatoms. The summed E-state index contributed by atoms with van der Waals surface area (Å²) in [6, 6.07) is 7.03. The first kappa shape index (κ1) is 19.4. The predicted molar refractivity (Wildman–Crippen MR) is 98.7 cm³/mol. The zero-order chi connectivity index (χ0) is 18.5. The number of methoxy groups -OCH3 is 1. The van der Waals surface area contributed by atoms with Crippen molar-refractivity contribution < 1.29 is 14.3 Å². The third-order valence-electron chi connectivity index (χ3n) is 4.33. The van der Waals surface area contributed by atoms with Crippen LogP contribution in [-0.2, 0) is 9.53 Å². The van der Waals surface area contributed by atoms with Crippen LogP contribution < -0.4 is 16.0 Å². The molecule has 0 unspecified atom stereocenters. The van der Waals surface area contributed by atoms with Crippen molar-refractivity contribution in [2.75, 3.05) is 32.1 Å². The minimum absolute atomic E-state index is 0.0516. The van der Waals surface area contributed by atoms with Crippen LogP contribution >= 0.6 is 0 Å². The van der Waals surface area contributed by atoms with Crippen molar-refractivity contribution in [2.24, 2.45) is 5.41 Å². The summed E-state index contributed by atoms with van der Waals surface area (Å²) in [5.74, 6) is -0.207. The van der Waals surface area contributed by atoms with Gasteiger partial charge < -0.3 is 20.7 Å². The number of piperidine rings is 1. The van der Waals surface area contributed by atoms with Gasteiger partial charge in [-0.3, -0.25) is 9.59 Å². The molecule has 1 aliphatic rings. The quantitative estimate of drug-likeness (QED) is 0.763. The zero-order valence-corrected chi connectivity index (χ0v) is 15.6. The third kappa shape index (κ3) is 5.28. The summed E-state index contributed by atoms with van der Waals surface area (Å²) in [5.41, 5.74) is 0.317. The minimum atomic E-state index is -0.524. The van der Waals surface area contributed by atoms with E-state index in [2.05, 4.69) is 16.0 Å². The largest absolute Gasteiger partial charge is 0.384 e. The second-order valence-electron chi connectivity index (χ2n) is 7.70. The number of anilines is 1. The Balaban J connectivity index is 2.12. The van der Waals surface area contributed by atoms with Crippen LogP contribution in [0.15, 0.2) is 24.3 Å². The average molecular weight is 347 g/mol. The van der Waals surface area contributed by atoms with Gasteiger partial charge in [0.1, 0.15) is 0 Å². The van der Waals surface area contributed by atoms with Gasteiger partial charge in [0.2, 0.25) is 5.91 Å². The van der Waals surface area contributed by atoms with E-state index in [4.69, 9.17) is 4.74 Å². The molecule has 25 heavy (non-hydrogen) atoms. The van der Waals surface area contributed by atoms with E-state index in [9.17, 15) is 9.59 Å². The molecule has 1 saturated heterocycles. The molecule has 1 aromatic carbocycles. The molecule has 2 amide bonds. The summed E-state index contributed by atoms with van der Waals surface area (Å²) in [4.78, 5) is 25.2. The molecule has 0 atom stereocenters. The Hall–Kier alpha value is -1.92. The van der Waals surface area contributed by atoms with Gasteiger partial charge >= 0.3 is 0 Å². The lowest BCUT2D eigenvalue weighted by Crippen LogP contribution is -2.47. The van der Waals surface area contributed by atoms with Crippen LogP contribution in [0.4, 0.5) is 5.69 Å². The van der Waals surface area contributed by atoms with E-state index in [1.165, 1.54) is 0 Å². The van der Waals surface area contributed by atoms with Crippen LogP contribution in [0.25, 0.3) is 0 Å². The maximum atomic E-state index is 12.9. The van der Waals surface area contributed by atoms with Crippen molar-refractivity contribution in [1.82, 2.24) is 10.6 Å². The van der Waals surface area contributed by atoms with Crippen molar-refractivity contribution in [3.8, 4) is 0 Å². The molecule has 1 heterocycles. The van der Waals surface area contributed by atoms with Crippen molar-refractivity contribution in [1.29, 1.82) is 0 Å². The molecule has 1 aliphatic heterocycles. The van der Waals surface area contributed by atoms with Crippen LogP contribution in [0.2, 0.25) is 0 Å². The first-order valence-electron chi connectivity index (χ1n) is 8.69. The fourth-order valence-electron chi connectivity index (χ4n) is 3.03. The second-order valence-corrected chi connectivity index (χ2v) is 7.70. The summed E-state index contributed by atoms with van der Waals surface area (Å²) >= 11 is 0. The molecule has 2 rings (SSSR count). The highest BCUT2D eigenvalue weighted by atomic mass is 16.5. The number of nitrogens with one attached hydrogen (secondary N) is 3. The third-order valence-corrected chi connectivity index (χ3v) is 4.33. The van der Waals surface area contributed by atoms with E-state index < -0.39 is 5.41 Å². The molecule has 0 spiro atoms. The summed E-state index contributed by atoms with van der Waals surface area (Å²) in [6.45, 7) is 7.78. The Morgan fingerprint density at radius 3 is 2.52 bits per heavy atom. The molecule has 1 aromatic rings. The monoisotopic (exact) mass is 347 g/mol. The molecule has 0 aromatic heterocycles. The van der Waals surface area contributed by atoms with E-state index >= 15 is 0 Å². The molecule has 0 aliphatic carbocycles. The highest BCUT2D eigenvalue weighted by molar-refractivity contribution is 5.99. The number of amides is 2. The normalized spacial score (nSPS) is 17.0. The molecule has 6 nitrogen and oxygen atoms in total. The summed E-state index contributed by atoms with van der Waals surface area (Å²) in [5, 5.41) is 9.17. The number of ether oxygens (including phenoxy) is 1. The molecular weight excluding hydrogens is 318 g/mol. The van der Waals surface area contributed by atoms with Gasteiger partial charge in [-0.25, -0.2) is 0 Å². The first-order valence-corrected chi connectivity index (χ1v) is 8.69. The van der Waals surface area contributed by atoms with Gasteiger partial charge in [-0.1, -0.05) is 6.07 Å². The van der Waals surface area contributed by atoms with Gasteiger partial charge in [-0.15, -0.1) is 0 Å². The van der Waals surface area contributed by atoms with Crippen LogP contribution in [0, 0.1) is 5.41 Å². The molecule has 1 fully saturated rings. The first-order chi connectivity index (χ1) is 11.8. The van der Waals surface area contributed by atoms with E-state index in [1.807, 2.05) is 20.8 Å². The topological polar surface area (TPSA) is 79.5 Å². The smallest absolute Gasteiger partial charge is 0.251 e. The molecule has 138 valence electrons. The summed E-state index contributed by atoms with van der Waals surface area (Å²) < 4.78 is 5.31. The van der Waals surface area contributed by atoms with Crippen LogP contribution in [0.3, 0.4) is 0 Å².